The van der Waals surface area contributed by atoms with Crippen LogP contribution in [-0.4, -0.2) is 63.0 Å². The number of rotatable bonds is 2. The van der Waals surface area contributed by atoms with Crippen molar-refractivity contribution in [3.8, 4) is 0 Å². The predicted octanol–water partition coefficient (Wildman–Crippen LogP) is 1.99. The van der Waals surface area contributed by atoms with Crippen LogP contribution >= 0.6 is 0 Å². The number of aryl methyl sites for hydroxylation is 3. The van der Waals surface area contributed by atoms with Gasteiger partial charge in [0.15, 0.2) is 5.82 Å². The highest BCUT2D eigenvalue weighted by Crippen LogP contribution is 2.44. The van der Waals surface area contributed by atoms with E-state index in [-0.39, 0.29) is 23.1 Å². The second-order valence-electron chi connectivity index (χ2n) is 8.32. The minimum absolute atomic E-state index is 0.0632. The van der Waals surface area contributed by atoms with Gasteiger partial charge in [0.25, 0.3) is 5.91 Å². The lowest BCUT2D eigenvalue weighted by atomic mass is 9.71. The zero-order chi connectivity index (χ0) is 20.1. The number of likely N-dealkylation sites (tertiary alicyclic amines) is 2. The highest BCUT2D eigenvalue weighted by atomic mass is 16.2. The highest BCUT2D eigenvalue weighted by molar-refractivity contribution is 5.95. The number of nitrogens with zero attached hydrogens (tertiary/aromatic N) is 4. The summed E-state index contributed by atoms with van der Waals surface area (Å²) in [6.45, 7) is 10.0. The number of aromatic nitrogens is 3. The Bertz CT molecular complexity index is 937. The monoisotopic (exact) mass is 381 g/mol. The molecule has 2 aromatic rings. The number of aromatic amines is 1. The van der Waals surface area contributed by atoms with Crippen molar-refractivity contribution < 1.29 is 9.59 Å². The Hall–Kier alpha value is -2.70. The van der Waals surface area contributed by atoms with E-state index in [2.05, 4.69) is 15.2 Å². The standard InChI is InChI=1S/C21H27N5O2/c1-13-5-6-18(14(2)9-13)19(28)25-8-7-21(20-22-15(3)23-24-20)12-26(16(4)27)11-17(21)10-25/h5-6,9,17H,7-8,10-12H2,1-4H3,(H,22,23,24)/t17-,21-/m1/s1. The van der Waals surface area contributed by atoms with Gasteiger partial charge >= 0.3 is 0 Å². The summed E-state index contributed by atoms with van der Waals surface area (Å²) in [6.07, 6.45) is 0.759. The Labute approximate surface area is 165 Å². The molecule has 2 saturated heterocycles. The minimum atomic E-state index is -0.282. The zero-order valence-corrected chi connectivity index (χ0v) is 17.0. The molecule has 2 atom stereocenters. The third-order valence-electron chi connectivity index (χ3n) is 6.35. The molecule has 0 bridgehead atoms. The number of hydrogen-bond acceptors (Lipinski definition) is 4. The van der Waals surface area contributed by atoms with Crippen LogP contribution in [0.15, 0.2) is 18.2 Å². The topological polar surface area (TPSA) is 82.2 Å². The Morgan fingerprint density at radius 2 is 1.93 bits per heavy atom. The van der Waals surface area contributed by atoms with Crippen molar-refractivity contribution in [2.24, 2.45) is 5.92 Å². The molecular weight excluding hydrogens is 354 g/mol. The quantitative estimate of drug-likeness (QED) is 0.863. The summed E-state index contributed by atoms with van der Waals surface area (Å²) in [6, 6.07) is 5.95. The molecule has 148 valence electrons. The first-order chi connectivity index (χ1) is 13.3. The van der Waals surface area contributed by atoms with Crippen molar-refractivity contribution in [1.82, 2.24) is 25.0 Å². The molecule has 0 spiro atoms. The number of carbonyl (C=O) groups is 2. The molecule has 7 nitrogen and oxygen atoms in total. The van der Waals surface area contributed by atoms with E-state index in [0.717, 1.165) is 34.8 Å². The summed E-state index contributed by atoms with van der Waals surface area (Å²) in [5.74, 6) is 1.82. The van der Waals surface area contributed by atoms with Gasteiger partial charge in [-0.3, -0.25) is 14.7 Å². The molecule has 0 unspecified atom stereocenters. The molecule has 0 aliphatic carbocycles. The number of H-pyrrole nitrogens is 1. The van der Waals surface area contributed by atoms with Crippen molar-refractivity contribution in [2.45, 2.75) is 39.5 Å². The first-order valence-corrected chi connectivity index (χ1v) is 9.82. The Morgan fingerprint density at radius 1 is 1.18 bits per heavy atom. The number of carbonyl (C=O) groups excluding carboxylic acids is 2. The SMILES string of the molecule is CC(=O)N1C[C@H]2CN(C(=O)c3ccc(C)cc3C)CC[C@@]2(c2n[nH]c(C)n2)C1. The number of benzene rings is 1. The van der Waals surface area contributed by atoms with E-state index in [1.54, 1.807) is 6.92 Å². The van der Waals surface area contributed by atoms with Crippen molar-refractivity contribution in [3.05, 3.63) is 46.5 Å². The molecule has 4 rings (SSSR count). The summed E-state index contributed by atoms with van der Waals surface area (Å²) in [5, 5.41) is 7.39. The van der Waals surface area contributed by atoms with E-state index in [1.165, 1.54) is 0 Å². The maximum absolute atomic E-state index is 13.2. The molecule has 7 heteroatoms. The lowest BCUT2D eigenvalue weighted by molar-refractivity contribution is -0.128. The van der Waals surface area contributed by atoms with Crippen LogP contribution in [-0.2, 0) is 10.2 Å². The van der Waals surface area contributed by atoms with Crippen LogP contribution in [0.5, 0.6) is 0 Å². The van der Waals surface area contributed by atoms with Gasteiger partial charge in [0.1, 0.15) is 5.82 Å². The third-order valence-corrected chi connectivity index (χ3v) is 6.35. The van der Waals surface area contributed by atoms with E-state index >= 15 is 0 Å². The van der Waals surface area contributed by atoms with Crippen LogP contribution in [0.1, 0.15) is 46.5 Å². The summed E-state index contributed by atoms with van der Waals surface area (Å²) in [4.78, 5) is 33.7. The smallest absolute Gasteiger partial charge is 0.254 e. The van der Waals surface area contributed by atoms with Crippen LogP contribution < -0.4 is 0 Å². The second-order valence-corrected chi connectivity index (χ2v) is 8.32. The fraction of sp³-hybridized carbons (Fsp3) is 0.524. The van der Waals surface area contributed by atoms with Gasteiger partial charge in [0.05, 0.1) is 5.41 Å². The van der Waals surface area contributed by atoms with E-state index in [0.29, 0.717) is 26.2 Å². The molecule has 28 heavy (non-hydrogen) atoms. The van der Waals surface area contributed by atoms with Gasteiger partial charge in [-0.25, -0.2) is 4.98 Å². The van der Waals surface area contributed by atoms with Gasteiger partial charge in [-0.05, 0) is 38.8 Å². The van der Waals surface area contributed by atoms with E-state index in [1.807, 2.05) is 48.8 Å². The molecule has 1 N–H and O–H groups in total. The van der Waals surface area contributed by atoms with Crippen LogP contribution in [0.3, 0.4) is 0 Å². The Morgan fingerprint density at radius 3 is 2.57 bits per heavy atom. The van der Waals surface area contributed by atoms with Gasteiger partial charge in [0, 0.05) is 44.6 Å². The Balaban J connectivity index is 1.62. The highest BCUT2D eigenvalue weighted by Gasteiger charge is 2.54. The van der Waals surface area contributed by atoms with E-state index in [4.69, 9.17) is 0 Å². The minimum Gasteiger partial charge on any atom is -0.342 e. The summed E-state index contributed by atoms with van der Waals surface area (Å²) < 4.78 is 0. The van der Waals surface area contributed by atoms with Gasteiger partial charge in [-0.15, -0.1) is 0 Å². The van der Waals surface area contributed by atoms with Gasteiger partial charge in [0.2, 0.25) is 5.91 Å². The molecule has 2 amide bonds. The molecule has 2 fully saturated rings. The van der Waals surface area contributed by atoms with Gasteiger partial charge < -0.3 is 9.80 Å². The molecule has 1 aromatic heterocycles. The van der Waals surface area contributed by atoms with E-state index in [9.17, 15) is 9.59 Å². The fourth-order valence-corrected chi connectivity index (χ4v) is 4.76. The Kier molecular flexibility index (Phi) is 4.48. The summed E-state index contributed by atoms with van der Waals surface area (Å²) >= 11 is 0. The average molecular weight is 381 g/mol. The molecule has 2 aliphatic heterocycles. The largest absolute Gasteiger partial charge is 0.342 e. The molecular formula is C21H27N5O2. The molecule has 2 aliphatic rings. The van der Waals surface area contributed by atoms with Crippen molar-refractivity contribution in [3.63, 3.8) is 0 Å². The van der Waals surface area contributed by atoms with Crippen molar-refractivity contribution in [2.75, 3.05) is 26.2 Å². The zero-order valence-electron chi connectivity index (χ0n) is 17.0. The van der Waals surface area contributed by atoms with Gasteiger partial charge in [-0.1, -0.05) is 17.7 Å². The lowest BCUT2D eigenvalue weighted by Crippen LogP contribution is -2.52. The van der Waals surface area contributed by atoms with Crippen LogP contribution in [0.25, 0.3) is 0 Å². The second kappa shape index (κ2) is 6.72. The number of piperidine rings is 1. The van der Waals surface area contributed by atoms with Gasteiger partial charge in [-0.2, -0.15) is 5.10 Å². The summed E-state index contributed by atoms with van der Waals surface area (Å²) in [5.41, 5.74) is 2.63. The maximum Gasteiger partial charge on any atom is 0.254 e. The fourth-order valence-electron chi connectivity index (χ4n) is 4.76. The van der Waals surface area contributed by atoms with Crippen LogP contribution in [0.4, 0.5) is 0 Å². The first-order valence-electron chi connectivity index (χ1n) is 9.82. The maximum atomic E-state index is 13.2. The first kappa shape index (κ1) is 18.7. The molecule has 3 heterocycles. The number of nitrogens with one attached hydrogen (secondary N) is 1. The summed E-state index contributed by atoms with van der Waals surface area (Å²) in [7, 11) is 0. The number of hydrogen-bond donors (Lipinski definition) is 1. The van der Waals surface area contributed by atoms with Crippen LogP contribution in [0.2, 0.25) is 0 Å². The van der Waals surface area contributed by atoms with Crippen LogP contribution in [0, 0.1) is 26.7 Å². The predicted molar refractivity (Wildman–Crippen MR) is 105 cm³/mol. The lowest BCUT2D eigenvalue weighted by Gasteiger charge is -2.41. The van der Waals surface area contributed by atoms with Crippen molar-refractivity contribution in [1.29, 1.82) is 0 Å². The van der Waals surface area contributed by atoms with E-state index < -0.39 is 0 Å². The number of amides is 2. The number of fused-ring (bicyclic) bond motifs is 1. The normalized spacial score (nSPS) is 24.4. The molecule has 0 saturated carbocycles. The molecule has 1 aromatic carbocycles. The third kappa shape index (κ3) is 2.99. The molecule has 0 radical (unpaired) electrons. The average Bonchev–Trinajstić information content (AvgIpc) is 3.25. The van der Waals surface area contributed by atoms with Crippen molar-refractivity contribution >= 4 is 11.8 Å².